The quantitative estimate of drug-likeness (QED) is 0.533. The Hall–Kier alpha value is -2.44. The minimum atomic E-state index is 0.268. The van der Waals surface area contributed by atoms with Crippen LogP contribution in [0.15, 0.2) is 47.9 Å². The molecular weight excluding hydrogens is 349 g/mol. The standard InChI is InChI=1S/C16H13Cl2N5O/c17-13-4-3-12(14(18)8-13)10-24-20-7-5-15-21-16(23-22-15)11-2-1-6-19-9-11/h1-4,6-9H,5,10H2,(H,21,22,23)/b20-7+. The number of hydrogen-bond donors (Lipinski definition) is 1. The van der Waals surface area contributed by atoms with E-state index in [1.165, 1.54) is 0 Å². The van der Waals surface area contributed by atoms with Crippen molar-refractivity contribution in [1.82, 2.24) is 20.2 Å². The topological polar surface area (TPSA) is 76.1 Å². The zero-order valence-corrected chi connectivity index (χ0v) is 14.0. The largest absolute Gasteiger partial charge is 0.391 e. The third-order valence-electron chi connectivity index (χ3n) is 3.12. The maximum atomic E-state index is 6.05. The van der Waals surface area contributed by atoms with E-state index in [0.29, 0.717) is 28.1 Å². The zero-order chi connectivity index (χ0) is 16.8. The SMILES string of the molecule is Clc1ccc(CO/N=C/Cc2nc(-c3cccnc3)n[nH]2)c(Cl)c1. The molecule has 24 heavy (non-hydrogen) atoms. The molecule has 2 heterocycles. The molecule has 0 saturated heterocycles. The highest BCUT2D eigenvalue weighted by Crippen LogP contribution is 2.21. The number of H-pyrrole nitrogens is 1. The average molecular weight is 362 g/mol. The van der Waals surface area contributed by atoms with Gasteiger partial charge in [0.2, 0.25) is 0 Å². The number of benzene rings is 1. The van der Waals surface area contributed by atoms with E-state index in [4.69, 9.17) is 28.0 Å². The number of rotatable bonds is 6. The van der Waals surface area contributed by atoms with Crippen LogP contribution in [0.25, 0.3) is 11.4 Å². The number of aromatic nitrogens is 4. The fraction of sp³-hybridized carbons (Fsp3) is 0.125. The van der Waals surface area contributed by atoms with E-state index in [0.717, 1.165) is 11.1 Å². The summed E-state index contributed by atoms with van der Waals surface area (Å²) in [5, 5.41) is 12.0. The van der Waals surface area contributed by atoms with E-state index in [2.05, 4.69) is 25.3 Å². The van der Waals surface area contributed by atoms with Gasteiger partial charge < -0.3 is 4.84 Å². The Morgan fingerprint density at radius 1 is 1.25 bits per heavy atom. The first-order valence-corrected chi connectivity index (χ1v) is 7.87. The smallest absolute Gasteiger partial charge is 0.182 e. The van der Waals surface area contributed by atoms with Gasteiger partial charge in [-0.3, -0.25) is 10.1 Å². The lowest BCUT2D eigenvalue weighted by Gasteiger charge is -2.02. The van der Waals surface area contributed by atoms with Crippen molar-refractivity contribution in [3.63, 3.8) is 0 Å². The van der Waals surface area contributed by atoms with Crippen molar-refractivity contribution < 1.29 is 4.84 Å². The number of nitrogens with one attached hydrogen (secondary N) is 1. The van der Waals surface area contributed by atoms with Crippen LogP contribution in [0.5, 0.6) is 0 Å². The van der Waals surface area contributed by atoms with Gasteiger partial charge in [0, 0.05) is 40.0 Å². The molecule has 0 unspecified atom stereocenters. The van der Waals surface area contributed by atoms with Gasteiger partial charge in [-0.2, -0.15) is 5.10 Å². The fourth-order valence-corrected chi connectivity index (χ4v) is 2.40. The highest BCUT2D eigenvalue weighted by molar-refractivity contribution is 6.35. The summed E-state index contributed by atoms with van der Waals surface area (Å²) in [6.07, 6.45) is 5.49. The minimum absolute atomic E-state index is 0.268. The molecule has 0 amide bonds. The maximum Gasteiger partial charge on any atom is 0.182 e. The molecule has 0 aliphatic carbocycles. The second-order valence-electron chi connectivity index (χ2n) is 4.85. The van der Waals surface area contributed by atoms with Crippen LogP contribution in [0.4, 0.5) is 0 Å². The molecule has 0 spiro atoms. The predicted molar refractivity (Wildman–Crippen MR) is 93.1 cm³/mol. The summed E-state index contributed by atoms with van der Waals surface area (Å²) in [6.45, 7) is 0.268. The van der Waals surface area contributed by atoms with E-state index >= 15 is 0 Å². The molecule has 6 nitrogen and oxygen atoms in total. The lowest BCUT2D eigenvalue weighted by molar-refractivity contribution is 0.131. The molecule has 1 aromatic carbocycles. The number of pyridine rings is 1. The molecule has 3 rings (SSSR count). The third kappa shape index (κ3) is 4.31. The van der Waals surface area contributed by atoms with Crippen LogP contribution < -0.4 is 0 Å². The summed E-state index contributed by atoms with van der Waals surface area (Å²) < 4.78 is 0. The van der Waals surface area contributed by atoms with Crippen LogP contribution in [0, 0.1) is 0 Å². The first-order valence-electron chi connectivity index (χ1n) is 7.12. The Bertz CT molecular complexity index is 835. The zero-order valence-electron chi connectivity index (χ0n) is 12.5. The molecule has 3 aromatic rings. The van der Waals surface area contributed by atoms with Gasteiger partial charge in [-0.05, 0) is 24.3 Å². The second-order valence-corrected chi connectivity index (χ2v) is 5.69. The van der Waals surface area contributed by atoms with Crippen LogP contribution in [-0.2, 0) is 17.9 Å². The van der Waals surface area contributed by atoms with Crippen LogP contribution in [0.3, 0.4) is 0 Å². The van der Waals surface area contributed by atoms with Crippen molar-refractivity contribution in [2.75, 3.05) is 0 Å². The summed E-state index contributed by atoms with van der Waals surface area (Å²) in [5.74, 6) is 1.28. The first kappa shape index (κ1) is 16.4. The normalized spacial score (nSPS) is 11.1. The van der Waals surface area contributed by atoms with Gasteiger partial charge in [-0.15, -0.1) is 0 Å². The van der Waals surface area contributed by atoms with Crippen molar-refractivity contribution in [2.24, 2.45) is 5.16 Å². The fourth-order valence-electron chi connectivity index (χ4n) is 1.93. The van der Waals surface area contributed by atoms with Crippen molar-refractivity contribution in [3.8, 4) is 11.4 Å². The van der Waals surface area contributed by atoms with Gasteiger partial charge in [-0.1, -0.05) is 34.4 Å². The maximum absolute atomic E-state index is 6.05. The van der Waals surface area contributed by atoms with E-state index in [1.54, 1.807) is 36.8 Å². The Labute approximate surface area is 148 Å². The molecule has 0 fully saturated rings. The van der Waals surface area contributed by atoms with Crippen molar-refractivity contribution in [1.29, 1.82) is 0 Å². The molecule has 0 saturated carbocycles. The van der Waals surface area contributed by atoms with Crippen LogP contribution >= 0.6 is 23.2 Å². The highest BCUT2D eigenvalue weighted by Gasteiger charge is 2.05. The molecule has 1 N–H and O–H groups in total. The van der Waals surface area contributed by atoms with Crippen molar-refractivity contribution in [2.45, 2.75) is 13.0 Å². The van der Waals surface area contributed by atoms with Gasteiger partial charge in [0.15, 0.2) is 5.82 Å². The van der Waals surface area contributed by atoms with Gasteiger partial charge in [0.25, 0.3) is 0 Å². The molecule has 0 aliphatic rings. The van der Waals surface area contributed by atoms with Crippen LogP contribution in [0.1, 0.15) is 11.4 Å². The number of aromatic amines is 1. The highest BCUT2D eigenvalue weighted by atomic mass is 35.5. The summed E-state index contributed by atoms with van der Waals surface area (Å²) in [5.41, 5.74) is 1.67. The van der Waals surface area contributed by atoms with E-state index in [1.807, 2.05) is 12.1 Å². The van der Waals surface area contributed by atoms with Gasteiger partial charge in [-0.25, -0.2) is 4.98 Å². The van der Waals surface area contributed by atoms with Crippen molar-refractivity contribution >= 4 is 29.4 Å². The molecule has 8 heteroatoms. The predicted octanol–water partition coefficient (Wildman–Crippen LogP) is 3.92. The van der Waals surface area contributed by atoms with E-state index < -0.39 is 0 Å². The molecule has 0 aliphatic heterocycles. The Balaban J connectivity index is 1.51. The molecule has 122 valence electrons. The van der Waals surface area contributed by atoms with Gasteiger partial charge in [0.1, 0.15) is 12.4 Å². The lowest BCUT2D eigenvalue weighted by atomic mass is 10.2. The van der Waals surface area contributed by atoms with Crippen LogP contribution in [-0.4, -0.2) is 26.4 Å². The minimum Gasteiger partial charge on any atom is -0.391 e. The molecular formula is C16H13Cl2N5O. The summed E-state index contributed by atoms with van der Waals surface area (Å²) >= 11 is 11.9. The Kier molecular flexibility index (Phi) is 5.40. The summed E-state index contributed by atoms with van der Waals surface area (Å²) in [7, 11) is 0. The summed E-state index contributed by atoms with van der Waals surface area (Å²) in [6, 6.07) is 8.96. The second kappa shape index (κ2) is 7.90. The number of oxime groups is 1. The molecule has 2 aromatic heterocycles. The third-order valence-corrected chi connectivity index (χ3v) is 3.71. The van der Waals surface area contributed by atoms with Crippen LogP contribution in [0.2, 0.25) is 10.0 Å². The molecule has 0 radical (unpaired) electrons. The Morgan fingerprint density at radius 2 is 2.17 bits per heavy atom. The van der Waals surface area contributed by atoms with E-state index in [9.17, 15) is 0 Å². The number of halogens is 2. The number of hydrogen-bond acceptors (Lipinski definition) is 5. The Morgan fingerprint density at radius 3 is 2.96 bits per heavy atom. The average Bonchev–Trinajstić information content (AvgIpc) is 3.06. The van der Waals surface area contributed by atoms with Crippen molar-refractivity contribution in [3.05, 3.63) is 64.2 Å². The van der Waals surface area contributed by atoms with Gasteiger partial charge >= 0.3 is 0 Å². The van der Waals surface area contributed by atoms with Gasteiger partial charge in [0.05, 0.1) is 6.21 Å². The number of nitrogens with zero attached hydrogens (tertiary/aromatic N) is 4. The molecule has 0 atom stereocenters. The lowest BCUT2D eigenvalue weighted by Crippen LogP contribution is -1.92. The first-order chi connectivity index (χ1) is 11.7. The van der Waals surface area contributed by atoms with E-state index in [-0.39, 0.29) is 6.61 Å². The molecule has 0 bridgehead atoms. The summed E-state index contributed by atoms with van der Waals surface area (Å²) in [4.78, 5) is 13.6. The monoisotopic (exact) mass is 361 g/mol.